The summed E-state index contributed by atoms with van der Waals surface area (Å²) < 4.78 is 30.9. The number of nitrogens with one attached hydrogen (secondary N) is 1. The van der Waals surface area contributed by atoms with Crippen LogP contribution in [0, 0.1) is 5.92 Å². The van der Waals surface area contributed by atoms with Crippen LogP contribution in [0.5, 0.6) is 0 Å². The van der Waals surface area contributed by atoms with E-state index in [9.17, 15) is 13.2 Å². The molecule has 1 saturated carbocycles. The summed E-state index contributed by atoms with van der Waals surface area (Å²) in [5.74, 6) is -0.322. The number of carboxylic acid groups (broad SMARTS) is 1. The Labute approximate surface area is 108 Å². The third kappa shape index (κ3) is 6.93. The molecular formula is C11H21NO5S. The molecule has 1 aliphatic carbocycles. The van der Waals surface area contributed by atoms with Crippen molar-refractivity contribution >= 4 is 16.0 Å². The lowest BCUT2D eigenvalue weighted by Crippen LogP contribution is -2.36. The van der Waals surface area contributed by atoms with Crippen molar-refractivity contribution in [2.75, 3.05) is 18.9 Å². The number of aliphatic carboxylic acids is 1. The summed E-state index contributed by atoms with van der Waals surface area (Å²) in [4.78, 5) is 10.6. The molecule has 0 bridgehead atoms. The highest BCUT2D eigenvalue weighted by Crippen LogP contribution is 2.32. The molecule has 1 aliphatic rings. The summed E-state index contributed by atoms with van der Waals surface area (Å²) in [6.45, 7) is 2.13. The number of carbonyl (C=O) groups is 1. The summed E-state index contributed by atoms with van der Waals surface area (Å²) in [7, 11) is -3.31. The fourth-order valence-electron chi connectivity index (χ4n) is 1.64. The van der Waals surface area contributed by atoms with Crippen LogP contribution in [0.25, 0.3) is 0 Å². The van der Waals surface area contributed by atoms with Gasteiger partial charge in [-0.1, -0.05) is 12.8 Å². The van der Waals surface area contributed by atoms with Gasteiger partial charge in [0.1, 0.15) is 0 Å². The first-order valence-corrected chi connectivity index (χ1v) is 7.89. The quantitative estimate of drug-likeness (QED) is 0.610. The standard InChI is InChI=1S/C11H21NO5S/c1-2-17-10(7-11(13)14)8-12-18(15,16)6-5-9-3-4-9/h9-10,12H,2-8H2,1H3,(H,13,14). The second-order valence-electron chi connectivity index (χ2n) is 4.57. The van der Waals surface area contributed by atoms with Gasteiger partial charge < -0.3 is 9.84 Å². The fraction of sp³-hybridized carbons (Fsp3) is 0.909. The van der Waals surface area contributed by atoms with Crippen LogP contribution in [-0.4, -0.2) is 44.5 Å². The first-order valence-electron chi connectivity index (χ1n) is 6.23. The van der Waals surface area contributed by atoms with Gasteiger partial charge in [0.25, 0.3) is 0 Å². The maximum Gasteiger partial charge on any atom is 0.306 e. The third-order valence-electron chi connectivity index (χ3n) is 2.83. The van der Waals surface area contributed by atoms with E-state index in [4.69, 9.17) is 9.84 Å². The zero-order chi connectivity index (χ0) is 13.6. The molecule has 1 rings (SSSR count). The molecule has 18 heavy (non-hydrogen) atoms. The molecule has 1 atom stereocenters. The summed E-state index contributed by atoms with van der Waals surface area (Å²) in [6.07, 6.45) is 2.13. The van der Waals surface area contributed by atoms with Crippen molar-refractivity contribution < 1.29 is 23.1 Å². The van der Waals surface area contributed by atoms with Gasteiger partial charge >= 0.3 is 5.97 Å². The lowest BCUT2D eigenvalue weighted by Gasteiger charge is -2.15. The monoisotopic (exact) mass is 279 g/mol. The van der Waals surface area contributed by atoms with Crippen molar-refractivity contribution in [3.8, 4) is 0 Å². The molecule has 0 aliphatic heterocycles. The Balaban J connectivity index is 2.31. The molecular weight excluding hydrogens is 258 g/mol. The fourth-order valence-corrected chi connectivity index (χ4v) is 2.87. The molecule has 0 saturated heterocycles. The second kappa shape index (κ2) is 7.06. The molecule has 0 amide bonds. The minimum atomic E-state index is -3.31. The molecule has 0 aromatic carbocycles. The Bertz CT molecular complexity index is 364. The molecule has 0 aromatic rings. The van der Waals surface area contributed by atoms with Crippen LogP contribution < -0.4 is 4.72 Å². The number of hydrogen-bond acceptors (Lipinski definition) is 4. The normalized spacial score (nSPS) is 17.6. The smallest absolute Gasteiger partial charge is 0.306 e. The summed E-state index contributed by atoms with van der Waals surface area (Å²) in [5, 5.41) is 8.67. The van der Waals surface area contributed by atoms with Crippen molar-refractivity contribution in [3.63, 3.8) is 0 Å². The Hall–Kier alpha value is -0.660. The van der Waals surface area contributed by atoms with Crippen molar-refractivity contribution in [1.82, 2.24) is 4.72 Å². The zero-order valence-electron chi connectivity index (χ0n) is 10.6. The highest BCUT2D eigenvalue weighted by atomic mass is 32.2. The third-order valence-corrected chi connectivity index (χ3v) is 4.21. The Kier molecular flexibility index (Phi) is 6.04. The average Bonchev–Trinajstić information content (AvgIpc) is 3.07. The topological polar surface area (TPSA) is 92.7 Å². The van der Waals surface area contributed by atoms with E-state index in [-0.39, 0.29) is 18.7 Å². The lowest BCUT2D eigenvalue weighted by atomic mass is 10.2. The van der Waals surface area contributed by atoms with Gasteiger partial charge in [-0.2, -0.15) is 0 Å². The van der Waals surface area contributed by atoms with Crippen molar-refractivity contribution in [2.24, 2.45) is 5.92 Å². The van der Waals surface area contributed by atoms with E-state index >= 15 is 0 Å². The average molecular weight is 279 g/mol. The van der Waals surface area contributed by atoms with Crippen LogP contribution in [0.15, 0.2) is 0 Å². The first-order chi connectivity index (χ1) is 8.43. The Morgan fingerprint density at radius 1 is 1.50 bits per heavy atom. The minimum Gasteiger partial charge on any atom is -0.481 e. The minimum absolute atomic E-state index is 0.0210. The summed E-state index contributed by atoms with van der Waals surface area (Å²) >= 11 is 0. The van der Waals surface area contributed by atoms with Crippen molar-refractivity contribution in [3.05, 3.63) is 0 Å². The van der Waals surface area contributed by atoms with E-state index in [1.54, 1.807) is 6.92 Å². The zero-order valence-corrected chi connectivity index (χ0v) is 11.4. The SMILES string of the molecule is CCOC(CNS(=O)(=O)CCC1CC1)CC(=O)O. The van der Waals surface area contributed by atoms with Gasteiger partial charge in [0.15, 0.2) is 0 Å². The summed E-state index contributed by atoms with van der Waals surface area (Å²) in [6, 6.07) is 0. The molecule has 106 valence electrons. The predicted octanol–water partition coefficient (Wildman–Crippen LogP) is 0.586. The van der Waals surface area contributed by atoms with Gasteiger partial charge in [-0.3, -0.25) is 4.79 Å². The number of sulfonamides is 1. The number of carboxylic acids is 1. The van der Waals surface area contributed by atoms with Gasteiger partial charge in [0.2, 0.25) is 10.0 Å². The van der Waals surface area contributed by atoms with Crippen molar-refractivity contribution in [2.45, 2.75) is 38.7 Å². The first kappa shape index (κ1) is 15.4. The largest absolute Gasteiger partial charge is 0.481 e. The second-order valence-corrected chi connectivity index (χ2v) is 6.50. The molecule has 6 nitrogen and oxygen atoms in total. The van der Waals surface area contributed by atoms with E-state index in [0.29, 0.717) is 18.9 Å². The molecule has 7 heteroatoms. The van der Waals surface area contributed by atoms with E-state index in [2.05, 4.69) is 4.72 Å². The van der Waals surface area contributed by atoms with Gasteiger partial charge in [0, 0.05) is 13.2 Å². The van der Waals surface area contributed by atoms with Gasteiger partial charge in [-0.15, -0.1) is 0 Å². The van der Waals surface area contributed by atoms with Crippen LogP contribution in [0.4, 0.5) is 0 Å². The van der Waals surface area contributed by atoms with E-state index < -0.39 is 22.1 Å². The highest BCUT2D eigenvalue weighted by molar-refractivity contribution is 7.89. The van der Waals surface area contributed by atoms with Crippen LogP contribution in [0.1, 0.15) is 32.6 Å². The molecule has 1 fully saturated rings. The number of ether oxygens (including phenoxy) is 1. The number of hydrogen-bond donors (Lipinski definition) is 2. The molecule has 0 radical (unpaired) electrons. The number of rotatable bonds is 10. The van der Waals surface area contributed by atoms with Crippen LogP contribution >= 0.6 is 0 Å². The van der Waals surface area contributed by atoms with Crippen LogP contribution in [-0.2, 0) is 19.6 Å². The maximum atomic E-state index is 11.6. The highest BCUT2D eigenvalue weighted by Gasteiger charge is 2.24. The van der Waals surface area contributed by atoms with Gasteiger partial charge in [-0.25, -0.2) is 13.1 Å². The molecule has 0 heterocycles. The van der Waals surface area contributed by atoms with Crippen LogP contribution in [0.3, 0.4) is 0 Å². The molecule has 2 N–H and O–H groups in total. The van der Waals surface area contributed by atoms with Crippen LogP contribution in [0.2, 0.25) is 0 Å². The van der Waals surface area contributed by atoms with E-state index in [1.807, 2.05) is 0 Å². The van der Waals surface area contributed by atoms with E-state index in [0.717, 1.165) is 12.8 Å². The summed E-state index contributed by atoms with van der Waals surface area (Å²) in [5.41, 5.74) is 0. The van der Waals surface area contributed by atoms with Crippen molar-refractivity contribution in [1.29, 1.82) is 0 Å². The lowest BCUT2D eigenvalue weighted by molar-refractivity contribution is -0.140. The van der Waals surface area contributed by atoms with Gasteiger partial charge in [-0.05, 0) is 19.3 Å². The van der Waals surface area contributed by atoms with Gasteiger partial charge in [0.05, 0.1) is 18.3 Å². The molecule has 1 unspecified atom stereocenters. The molecule has 0 spiro atoms. The van der Waals surface area contributed by atoms with E-state index in [1.165, 1.54) is 0 Å². The molecule has 0 aromatic heterocycles. The predicted molar refractivity (Wildman–Crippen MR) is 66.8 cm³/mol. The Morgan fingerprint density at radius 2 is 2.17 bits per heavy atom. The Morgan fingerprint density at radius 3 is 2.67 bits per heavy atom. The maximum absolute atomic E-state index is 11.6.